The fourth-order valence-corrected chi connectivity index (χ4v) is 2.57. The lowest BCUT2D eigenvalue weighted by molar-refractivity contribution is -0.116. The van der Waals surface area contributed by atoms with Crippen LogP contribution in [-0.4, -0.2) is 10.5 Å². The van der Waals surface area contributed by atoms with Gasteiger partial charge in [0, 0.05) is 16.1 Å². The molecule has 0 atom stereocenters. The minimum absolute atomic E-state index is 0.268. The zero-order valence-electron chi connectivity index (χ0n) is 12.0. The molecule has 3 rings (SSSR count). The third-order valence-electron chi connectivity index (χ3n) is 3.31. The van der Waals surface area contributed by atoms with Gasteiger partial charge in [-0.05, 0) is 30.3 Å². The summed E-state index contributed by atoms with van der Waals surface area (Å²) in [6.07, 6.45) is 0. The highest BCUT2D eigenvalue weighted by atomic mass is 35.5. The van der Waals surface area contributed by atoms with E-state index in [2.05, 4.69) is 5.32 Å². The monoisotopic (exact) mass is 361 g/mol. The fourth-order valence-electron chi connectivity index (χ4n) is 2.24. The Bertz CT molecular complexity index is 1050. The van der Waals surface area contributed by atoms with Gasteiger partial charge >= 0.3 is 5.76 Å². The third-order valence-corrected chi connectivity index (χ3v) is 3.78. The van der Waals surface area contributed by atoms with Crippen molar-refractivity contribution in [3.8, 4) is 6.07 Å². The van der Waals surface area contributed by atoms with Crippen molar-refractivity contribution in [1.29, 1.82) is 5.26 Å². The first-order chi connectivity index (χ1) is 11.5. The molecule has 0 unspecified atom stereocenters. The number of carbonyl (C=O) groups excluding carboxylic acids is 1. The number of nitriles is 1. The molecule has 0 radical (unpaired) electrons. The molecule has 6 nitrogen and oxygen atoms in total. The first-order valence-corrected chi connectivity index (χ1v) is 7.52. The maximum atomic E-state index is 12.2. The smallest absolute Gasteiger partial charge is 0.408 e. The van der Waals surface area contributed by atoms with Gasteiger partial charge in [0.05, 0.1) is 16.8 Å². The summed E-state index contributed by atoms with van der Waals surface area (Å²) in [6, 6.07) is 11.2. The third kappa shape index (κ3) is 3.13. The summed E-state index contributed by atoms with van der Waals surface area (Å²) in [4.78, 5) is 24.1. The number of nitrogens with zero attached hydrogens (tertiary/aromatic N) is 2. The van der Waals surface area contributed by atoms with Crippen LogP contribution in [0.2, 0.25) is 10.0 Å². The van der Waals surface area contributed by atoms with E-state index >= 15 is 0 Å². The molecule has 8 heteroatoms. The quantitative estimate of drug-likeness (QED) is 0.773. The molecule has 0 spiro atoms. The maximum absolute atomic E-state index is 12.2. The van der Waals surface area contributed by atoms with Gasteiger partial charge in [-0.3, -0.25) is 9.36 Å². The minimum atomic E-state index is -0.672. The number of amides is 1. The molecule has 0 aliphatic rings. The SMILES string of the molecule is N#Cc1ccc(Cl)cc1NC(=O)Cn1c(=O)oc2cc(Cl)ccc21. The highest BCUT2D eigenvalue weighted by molar-refractivity contribution is 6.31. The zero-order chi connectivity index (χ0) is 17.3. The number of anilines is 1. The molecule has 24 heavy (non-hydrogen) atoms. The summed E-state index contributed by atoms with van der Waals surface area (Å²) in [7, 11) is 0. The molecule has 1 amide bonds. The van der Waals surface area contributed by atoms with E-state index in [1.807, 2.05) is 6.07 Å². The van der Waals surface area contributed by atoms with Crippen LogP contribution in [0.4, 0.5) is 5.69 Å². The predicted octanol–water partition coefficient (Wildman–Crippen LogP) is 3.41. The van der Waals surface area contributed by atoms with E-state index in [1.165, 1.54) is 22.8 Å². The Balaban J connectivity index is 1.89. The molecule has 1 heterocycles. The summed E-state index contributed by atoms with van der Waals surface area (Å²) in [6.45, 7) is -0.273. The number of nitrogens with one attached hydrogen (secondary N) is 1. The average molecular weight is 362 g/mol. The Morgan fingerprint density at radius 2 is 1.92 bits per heavy atom. The number of fused-ring (bicyclic) bond motifs is 1. The molecule has 1 N–H and O–H groups in total. The van der Waals surface area contributed by atoms with Gasteiger partial charge in [-0.2, -0.15) is 5.26 Å². The molecule has 2 aromatic carbocycles. The van der Waals surface area contributed by atoms with E-state index in [1.54, 1.807) is 18.2 Å². The Hall–Kier alpha value is -2.75. The van der Waals surface area contributed by atoms with Crippen LogP contribution < -0.4 is 11.1 Å². The van der Waals surface area contributed by atoms with Gasteiger partial charge in [-0.15, -0.1) is 0 Å². The second-order valence-corrected chi connectivity index (χ2v) is 5.79. The van der Waals surface area contributed by atoms with Crippen LogP contribution in [0.5, 0.6) is 0 Å². The van der Waals surface area contributed by atoms with Gasteiger partial charge in [-0.1, -0.05) is 23.2 Å². The molecule has 0 fully saturated rings. The minimum Gasteiger partial charge on any atom is -0.408 e. The van der Waals surface area contributed by atoms with E-state index in [9.17, 15) is 9.59 Å². The Kier molecular flexibility index (Phi) is 4.30. The summed E-state index contributed by atoms with van der Waals surface area (Å²) in [5.41, 5.74) is 1.29. The Morgan fingerprint density at radius 1 is 1.21 bits per heavy atom. The number of aromatic nitrogens is 1. The lowest BCUT2D eigenvalue weighted by Crippen LogP contribution is -2.25. The topological polar surface area (TPSA) is 88.0 Å². The number of oxazole rings is 1. The summed E-state index contributed by atoms with van der Waals surface area (Å²) in [5, 5.41) is 12.4. The molecule has 120 valence electrons. The second-order valence-electron chi connectivity index (χ2n) is 4.92. The van der Waals surface area contributed by atoms with Crippen molar-refractivity contribution < 1.29 is 9.21 Å². The van der Waals surface area contributed by atoms with E-state index in [-0.39, 0.29) is 17.8 Å². The summed E-state index contributed by atoms with van der Waals surface area (Å²) in [5.74, 6) is -1.16. The lowest BCUT2D eigenvalue weighted by Gasteiger charge is -2.08. The van der Waals surface area contributed by atoms with Crippen molar-refractivity contribution in [3.05, 3.63) is 62.6 Å². The Labute approximate surface area is 145 Å². The van der Waals surface area contributed by atoms with Gasteiger partial charge in [0.15, 0.2) is 5.58 Å². The number of rotatable bonds is 3. The van der Waals surface area contributed by atoms with Gasteiger partial charge in [-0.25, -0.2) is 4.79 Å². The largest absolute Gasteiger partial charge is 0.420 e. The molecule has 1 aromatic heterocycles. The van der Waals surface area contributed by atoms with E-state index in [0.717, 1.165) is 0 Å². The van der Waals surface area contributed by atoms with Crippen molar-refractivity contribution in [2.75, 3.05) is 5.32 Å². The van der Waals surface area contributed by atoms with Crippen molar-refractivity contribution in [3.63, 3.8) is 0 Å². The van der Waals surface area contributed by atoms with Crippen LogP contribution in [0.1, 0.15) is 5.56 Å². The van der Waals surface area contributed by atoms with E-state index in [4.69, 9.17) is 32.9 Å². The zero-order valence-corrected chi connectivity index (χ0v) is 13.6. The average Bonchev–Trinajstić information content (AvgIpc) is 2.82. The first-order valence-electron chi connectivity index (χ1n) is 6.76. The van der Waals surface area contributed by atoms with Gasteiger partial charge in [0.25, 0.3) is 0 Å². The first kappa shape index (κ1) is 16.1. The van der Waals surface area contributed by atoms with Crippen molar-refractivity contribution >= 4 is 45.9 Å². The summed E-state index contributed by atoms with van der Waals surface area (Å²) < 4.78 is 6.24. The summed E-state index contributed by atoms with van der Waals surface area (Å²) >= 11 is 11.7. The molecule has 0 bridgehead atoms. The van der Waals surface area contributed by atoms with Crippen molar-refractivity contribution in [2.45, 2.75) is 6.54 Å². The van der Waals surface area contributed by atoms with Crippen LogP contribution in [-0.2, 0) is 11.3 Å². The van der Waals surface area contributed by atoms with Gasteiger partial charge in [0.1, 0.15) is 12.6 Å². The van der Waals surface area contributed by atoms with Crippen molar-refractivity contribution in [1.82, 2.24) is 4.57 Å². The molecule has 3 aromatic rings. The predicted molar refractivity (Wildman–Crippen MR) is 90.3 cm³/mol. The number of carbonyl (C=O) groups is 1. The lowest BCUT2D eigenvalue weighted by atomic mass is 10.2. The number of hydrogen-bond donors (Lipinski definition) is 1. The normalized spacial score (nSPS) is 10.5. The maximum Gasteiger partial charge on any atom is 0.420 e. The number of halogens is 2. The van der Waals surface area contributed by atoms with Crippen LogP contribution in [0.15, 0.2) is 45.6 Å². The number of hydrogen-bond acceptors (Lipinski definition) is 4. The standard InChI is InChI=1S/C16H9Cl2N3O3/c17-10-2-1-9(7-19)12(5-10)20-15(22)8-21-13-4-3-11(18)6-14(13)24-16(21)23/h1-6H,8H2,(H,20,22). The van der Waals surface area contributed by atoms with Crippen LogP contribution >= 0.6 is 23.2 Å². The van der Waals surface area contributed by atoms with Crippen LogP contribution in [0, 0.1) is 11.3 Å². The molecule has 0 aliphatic heterocycles. The van der Waals surface area contributed by atoms with Crippen LogP contribution in [0.3, 0.4) is 0 Å². The van der Waals surface area contributed by atoms with Crippen molar-refractivity contribution in [2.24, 2.45) is 0 Å². The van der Waals surface area contributed by atoms with E-state index < -0.39 is 11.7 Å². The fraction of sp³-hybridized carbons (Fsp3) is 0.0625. The molecule has 0 saturated carbocycles. The van der Waals surface area contributed by atoms with Crippen LogP contribution in [0.25, 0.3) is 11.1 Å². The molecular formula is C16H9Cl2N3O3. The van der Waals surface area contributed by atoms with Gasteiger partial charge in [0.2, 0.25) is 5.91 Å². The molecule has 0 saturated heterocycles. The second kappa shape index (κ2) is 6.40. The highest BCUT2D eigenvalue weighted by Gasteiger charge is 2.14. The highest BCUT2D eigenvalue weighted by Crippen LogP contribution is 2.21. The van der Waals surface area contributed by atoms with E-state index in [0.29, 0.717) is 21.1 Å². The number of benzene rings is 2. The molecular weight excluding hydrogens is 353 g/mol. The Morgan fingerprint density at radius 3 is 2.67 bits per heavy atom. The van der Waals surface area contributed by atoms with Gasteiger partial charge < -0.3 is 9.73 Å². The molecule has 0 aliphatic carbocycles.